The molecule has 0 heteroatoms. The Bertz CT molecular complexity index is 2270. The Hall–Kier alpha value is 0. The zero-order chi connectivity index (χ0) is 71.3. The number of fused-ring (bicyclic) bond motifs is 15. The van der Waals surface area contributed by atoms with Gasteiger partial charge < -0.3 is 0 Å². The van der Waals surface area contributed by atoms with Crippen molar-refractivity contribution in [2.24, 2.45) is 200 Å². The van der Waals surface area contributed by atoms with E-state index in [1.54, 1.807) is 173 Å². The molecule has 0 aromatic heterocycles. The molecule has 29 fully saturated rings. The highest BCUT2D eigenvalue weighted by Crippen LogP contribution is 2.61. The van der Waals surface area contributed by atoms with Crippen LogP contribution in [-0.2, 0) is 0 Å². The second kappa shape index (κ2) is 36.7. The maximum Gasteiger partial charge on any atom is -0.0318 e. The van der Waals surface area contributed by atoms with E-state index in [4.69, 9.17) is 0 Å². The lowest BCUT2D eigenvalue weighted by Crippen LogP contribution is -2.44. The van der Waals surface area contributed by atoms with Crippen LogP contribution < -0.4 is 0 Å². The molecule has 13 unspecified atom stereocenters. The van der Waals surface area contributed by atoms with Gasteiger partial charge in [0, 0.05) is 0 Å². The van der Waals surface area contributed by atoms with Crippen LogP contribution in [0.25, 0.3) is 0 Å². The number of hydrogen-bond acceptors (Lipinski definition) is 0. The summed E-state index contributed by atoms with van der Waals surface area (Å²) in [6.45, 7) is 31.8. The van der Waals surface area contributed by atoms with Crippen LogP contribution >= 0.6 is 0 Å². The van der Waals surface area contributed by atoms with Crippen LogP contribution in [0.2, 0.25) is 0 Å². The second-order valence-electron chi connectivity index (χ2n) is 47.0. The molecule has 24 bridgehead atoms. The zero-order valence-corrected chi connectivity index (χ0v) is 71.3. The fourth-order valence-corrected chi connectivity index (χ4v) is 31.4. The summed E-state index contributed by atoms with van der Waals surface area (Å²) in [5.41, 5.74) is 2.37. The van der Waals surface area contributed by atoms with Crippen LogP contribution in [0.5, 0.6) is 0 Å². The van der Waals surface area contributed by atoms with Gasteiger partial charge in [0.25, 0.3) is 0 Å². The molecule has 0 aromatic carbocycles. The summed E-state index contributed by atoms with van der Waals surface area (Å²) in [5, 5.41) is 0. The Morgan fingerprint density at radius 1 is 0.167 bits per heavy atom. The maximum absolute atomic E-state index is 2.54. The second-order valence-corrected chi connectivity index (χ2v) is 47.0. The number of rotatable bonds is 0. The van der Waals surface area contributed by atoms with Crippen LogP contribution in [0.3, 0.4) is 0 Å². The van der Waals surface area contributed by atoms with E-state index in [0.717, 1.165) is 200 Å². The zero-order valence-electron chi connectivity index (χ0n) is 71.3. The van der Waals surface area contributed by atoms with Gasteiger partial charge in [0.05, 0.1) is 0 Å². The van der Waals surface area contributed by atoms with E-state index in [1.807, 2.05) is 0 Å². The smallest absolute Gasteiger partial charge is 0.0318 e. The summed E-state index contributed by atoms with van der Waals surface area (Å²) < 4.78 is 0. The third kappa shape index (κ3) is 21.6. The summed E-state index contributed by atoms with van der Waals surface area (Å²) in [6, 6.07) is 0. The van der Waals surface area contributed by atoms with Crippen LogP contribution in [-0.4, -0.2) is 0 Å². The minimum absolute atomic E-state index is 0.779. The van der Waals surface area contributed by atoms with Gasteiger partial charge in [0.15, 0.2) is 0 Å². The molecule has 29 saturated carbocycles. The topological polar surface area (TPSA) is 0 Å². The summed E-state index contributed by atoms with van der Waals surface area (Å²) in [5.74, 6) is 34.5. The Morgan fingerprint density at radius 3 is 0.873 bits per heavy atom. The van der Waals surface area contributed by atoms with Gasteiger partial charge in [-0.1, -0.05) is 238 Å². The summed E-state index contributed by atoms with van der Waals surface area (Å²) in [4.78, 5) is 0. The molecule has 0 N–H and O–H groups in total. The minimum Gasteiger partial charge on any atom is -0.0625 e. The standard InChI is InChI=1S/2C11H18.2C10H18.4C9H16.C9H18.C8H14.C7H12/c1-11-5-8-2-9(6-11)4-10(3-8)7-11;1-7-10-3-8-2-9(5-10)6-11(7)4-8;1-10-6-2-4-9(8-10)5-3-7-10;1-8-5-6-9-3-2-4-10(8)7-9;2*1-6-3-8-4-9(5-8)7(6)2;1-9-5-2-3-8(7-9)4-6-9;1-7-5-8-3-2-4-9(7)6-8;1-9-7-5-3-2-4-6-8-9;1-6-2-3-7-4-8(6)5-7;1-5-6-2-3-7(5)4-6/h8-10H,2-7H2,1H3;7-11H,2-6H2,1H3;9H,2-8H2,1H3;8-10H,2-7H2,1H3;2*6-9H,3-5H2,1-2H3;8H,2-7H2,1H3;7-9H,2-6H2,1H3;9H,2-8H2,1H3;6-8H,2-5H2,1H3;5-7H,2-4H2,1H3/t;;;;6-,7+,8?,9?;;;;;;/m....1....../s1. The third-order valence-corrected chi connectivity index (χ3v) is 38.7. The van der Waals surface area contributed by atoms with Gasteiger partial charge in [0.2, 0.25) is 0 Å². The molecule has 0 radical (unpaired) electrons. The van der Waals surface area contributed by atoms with Crippen molar-refractivity contribution in [3.05, 3.63) is 0 Å². The summed E-state index contributed by atoms with van der Waals surface area (Å²) >= 11 is 0. The largest absolute Gasteiger partial charge is 0.0625 e. The molecule has 0 amide bonds. The van der Waals surface area contributed by atoms with Crippen molar-refractivity contribution in [3.8, 4) is 0 Å². The first-order valence-electron chi connectivity index (χ1n) is 49.0. The van der Waals surface area contributed by atoms with E-state index in [9.17, 15) is 0 Å². The lowest BCUT2D eigenvalue weighted by Gasteiger charge is -2.55. The van der Waals surface area contributed by atoms with E-state index in [0.29, 0.717) is 0 Å². The molecule has 0 nitrogen and oxygen atoms in total. The van der Waals surface area contributed by atoms with Gasteiger partial charge in [-0.3, -0.25) is 0 Å². The van der Waals surface area contributed by atoms with Crippen LogP contribution in [0.4, 0.5) is 0 Å². The Labute approximate surface area is 639 Å². The highest BCUT2D eigenvalue weighted by atomic mass is 14.6. The fraction of sp³-hybridized carbons (Fsp3) is 1.00. The predicted octanol–water partition coefficient (Wildman–Crippen LogP) is 31.9. The van der Waals surface area contributed by atoms with Crippen molar-refractivity contribution in [1.82, 2.24) is 0 Å². The normalized spacial score (nSPS) is 51.3. The molecule has 0 heterocycles. The molecule has 0 aromatic rings. The monoisotopic (exact) mass is 1410 g/mol. The quantitative estimate of drug-likeness (QED) is 0.227. The van der Waals surface area contributed by atoms with E-state index in [-0.39, 0.29) is 0 Å². The van der Waals surface area contributed by atoms with E-state index < -0.39 is 0 Å². The van der Waals surface area contributed by atoms with E-state index >= 15 is 0 Å². The number of hydrogen-bond donors (Lipinski definition) is 0. The molecular weight excluding hydrogens is 1230 g/mol. The van der Waals surface area contributed by atoms with Crippen molar-refractivity contribution < 1.29 is 0 Å². The molecule has 0 spiro atoms. The molecule has 29 aliphatic carbocycles. The third-order valence-electron chi connectivity index (χ3n) is 38.7. The van der Waals surface area contributed by atoms with E-state index in [1.165, 1.54) is 180 Å². The van der Waals surface area contributed by atoms with Crippen molar-refractivity contribution in [2.45, 2.75) is 443 Å². The Morgan fingerprint density at radius 2 is 0.510 bits per heavy atom. The minimum atomic E-state index is 0.779. The van der Waals surface area contributed by atoms with Gasteiger partial charge >= 0.3 is 0 Å². The first-order chi connectivity index (χ1) is 49.0. The molecule has 15 atom stereocenters. The highest BCUT2D eigenvalue weighted by Gasteiger charge is 2.50. The van der Waals surface area contributed by atoms with Gasteiger partial charge in [-0.15, -0.1) is 0 Å². The molecule has 0 saturated heterocycles. The Kier molecular flexibility index (Phi) is 28.8. The molecule has 29 aliphatic rings. The average molecular weight is 1410 g/mol. The van der Waals surface area contributed by atoms with Crippen molar-refractivity contribution in [2.75, 3.05) is 0 Å². The SMILES string of the molecule is CC12CC3CC(CC(C3)C1)C2.CC12CCCC(CC1)C2.CC12CCCC(CCC1)C2.CC1C2CC3CC(C2)CC1C3.CC1C2CCC1C2.CC1CC2CC(C2)C1C.CC1CC2CCCC1C2.CC1CCC2CC1C2.CC1CCC2CCCC1C2.CC1CCCCCCC1.C[C@@H]1CC2CC(C2)[C@H]1C. The predicted molar refractivity (Wildman–Crippen MR) is 443 cm³/mol. The van der Waals surface area contributed by atoms with Crippen molar-refractivity contribution in [1.29, 1.82) is 0 Å². The van der Waals surface area contributed by atoms with Crippen LogP contribution in [0, 0.1) is 200 Å². The molecule has 102 heavy (non-hydrogen) atoms. The van der Waals surface area contributed by atoms with Gasteiger partial charge in [-0.25, -0.2) is 0 Å². The lowest BCUT2D eigenvalue weighted by molar-refractivity contribution is -0.0411. The van der Waals surface area contributed by atoms with E-state index in [2.05, 4.69) is 90.0 Å². The summed E-state index contributed by atoms with van der Waals surface area (Å²) in [7, 11) is 0. The van der Waals surface area contributed by atoms with Gasteiger partial charge in [-0.2, -0.15) is 0 Å². The molecule has 0 aliphatic heterocycles. The van der Waals surface area contributed by atoms with Crippen molar-refractivity contribution in [3.63, 3.8) is 0 Å². The maximum atomic E-state index is 2.54. The fourth-order valence-electron chi connectivity index (χ4n) is 31.4. The highest BCUT2D eigenvalue weighted by molar-refractivity contribution is 5.01. The molecular formula is C102H180. The van der Waals surface area contributed by atoms with Crippen molar-refractivity contribution >= 4 is 0 Å². The van der Waals surface area contributed by atoms with Gasteiger partial charge in [-0.05, 0) is 405 Å². The summed E-state index contributed by atoms with van der Waals surface area (Å²) in [6.07, 6.45) is 84.9. The molecule has 588 valence electrons. The first kappa shape index (κ1) is 80.1. The van der Waals surface area contributed by atoms with Gasteiger partial charge in [0.1, 0.15) is 0 Å². The lowest BCUT2D eigenvalue weighted by atomic mass is 9.50. The Balaban J connectivity index is 0.000000100. The van der Waals surface area contributed by atoms with Crippen LogP contribution in [0.1, 0.15) is 443 Å². The molecule has 29 rings (SSSR count). The van der Waals surface area contributed by atoms with Crippen LogP contribution in [0.15, 0.2) is 0 Å². The first-order valence-corrected chi connectivity index (χ1v) is 49.0. The average Bonchev–Trinajstić information content (AvgIpc) is 1.78.